The summed E-state index contributed by atoms with van der Waals surface area (Å²) in [7, 11) is 0. The Kier molecular flexibility index (Phi) is 4.35. The van der Waals surface area contributed by atoms with Crippen LogP contribution in [0.15, 0.2) is 36.4 Å². The Morgan fingerprint density at radius 3 is 2.36 bits per heavy atom. The van der Waals surface area contributed by atoms with E-state index in [-0.39, 0.29) is 5.56 Å². The quantitative estimate of drug-likeness (QED) is 0.735. The van der Waals surface area contributed by atoms with Crippen LogP contribution < -0.4 is 5.32 Å². The van der Waals surface area contributed by atoms with E-state index in [1.165, 1.54) is 0 Å². The number of carbonyl (C=O) groups excluding carboxylic acids is 1. The van der Waals surface area contributed by atoms with Gasteiger partial charge in [0.15, 0.2) is 0 Å². The Labute approximate surface area is 143 Å². The minimum atomic E-state index is -0.802. The normalized spacial score (nSPS) is 10.8. The second kappa shape index (κ2) is 6.47. The molecule has 0 bridgehead atoms. The Balaban J connectivity index is 1.98. The van der Waals surface area contributed by atoms with Gasteiger partial charge >= 0.3 is 0 Å². The van der Waals surface area contributed by atoms with Gasteiger partial charge in [-0.1, -0.05) is 23.8 Å². The molecule has 0 fully saturated rings. The maximum atomic E-state index is 13.3. The summed E-state index contributed by atoms with van der Waals surface area (Å²) in [5.74, 6) is -2.21. The predicted molar refractivity (Wildman–Crippen MR) is 92.5 cm³/mol. The van der Waals surface area contributed by atoms with Gasteiger partial charge in [-0.15, -0.1) is 0 Å². The molecule has 2 aromatic carbocycles. The third-order valence-corrected chi connectivity index (χ3v) is 3.95. The van der Waals surface area contributed by atoms with Gasteiger partial charge in [-0.05, 0) is 38.5 Å². The number of nitrogens with one attached hydrogen (secondary N) is 2. The fourth-order valence-corrected chi connectivity index (χ4v) is 2.73. The van der Waals surface area contributed by atoms with E-state index in [0.717, 1.165) is 34.9 Å². The minimum absolute atomic E-state index is 0.0929. The molecule has 2 N–H and O–H groups in total. The number of hydrogen-bond acceptors (Lipinski definition) is 2. The number of amides is 1. The van der Waals surface area contributed by atoms with E-state index in [1.54, 1.807) is 6.92 Å². The van der Waals surface area contributed by atoms with Crippen LogP contribution in [0.1, 0.15) is 27.2 Å². The van der Waals surface area contributed by atoms with E-state index in [4.69, 9.17) is 0 Å². The number of hydrogen-bond donors (Lipinski definition) is 2. The van der Waals surface area contributed by atoms with Crippen LogP contribution in [0.4, 0.5) is 14.5 Å². The maximum absolute atomic E-state index is 13.3. The van der Waals surface area contributed by atoms with Gasteiger partial charge in [-0.3, -0.25) is 9.89 Å². The number of aromatic nitrogens is 2. The molecule has 4 nitrogen and oxygen atoms in total. The largest absolute Gasteiger partial charge is 0.319 e. The van der Waals surface area contributed by atoms with Crippen LogP contribution in [0.2, 0.25) is 0 Å². The highest BCUT2D eigenvalue weighted by molar-refractivity contribution is 6.06. The lowest BCUT2D eigenvalue weighted by atomic mass is 10.0. The fourth-order valence-electron chi connectivity index (χ4n) is 2.73. The molecule has 1 heterocycles. The number of aromatic amines is 1. The van der Waals surface area contributed by atoms with Crippen molar-refractivity contribution in [2.24, 2.45) is 0 Å². The molecule has 0 spiro atoms. The third kappa shape index (κ3) is 3.42. The lowest BCUT2D eigenvalue weighted by Crippen LogP contribution is -2.13. The number of benzene rings is 2. The molecular formula is C19H17F2N3O. The Morgan fingerprint density at radius 2 is 1.72 bits per heavy atom. The van der Waals surface area contributed by atoms with E-state index in [9.17, 15) is 13.6 Å². The van der Waals surface area contributed by atoms with Crippen molar-refractivity contribution in [3.8, 4) is 11.3 Å². The monoisotopic (exact) mass is 341 g/mol. The van der Waals surface area contributed by atoms with Crippen molar-refractivity contribution in [3.63, 3.8) is 0 Å². The third-order valence-electron chi connectivity index (χ3n) is 3.95. The van der Waals surface area contributed by atoms with E-state index in [0.29, 0.717) is 17.1 Å². The average Bonchev–Trinajstić information content (AvgIpc) is 2.87. The van der Waals surface area contributed by atoms with Gasteiger partial charge in [0, 0.05) is 17.2 Å². The highest BCUT2D eigenvalue weighted by Crippen LogP contribution is 2.31. The van der Waals surface area contributed by atoms with Gasteiger partial charge in [0.1, 0.15) is 17.3 Å². The molecular weight excluding hydrogens is 324 g/mol. The maximum Gasteiger partial charge on any atom is 0.255 e. The lowest BCUT2D eigenvalue weighted by Gasteiger charge is -2.10. The number of H-pyrrole nitrogens is 1. The molecule has 6 heteroatoms. The molecule has 0 saturated carbocycles. The van der Waals surface area contributed by atoms with E-state index < -0.39 is 17.5 Å². The SMILES string of the molecule is Cc1ccc(-c2n[nH]c(C)c2NC(=O)c2cc(F)cc(F)c2)c(C)c1. The molecule has 0 aliphatic heterocycles. The van der Waals surface area contributed by atoms with Gasteiger partial charge in [-0.25, -0.2) is 8.78 Å². The topological polar surface area (TPSA) is 57.8 Å². The number of nitrogens with zero attached hydrogens (tertiary/aromatic N) is 1. The Morgan fingerprint density at radius 1 is 1.04 bits per heavy atom. The van der Waals surface area contributed by atoms with Crippen LogP contribution in [0.5, 0.6) is 0 Å². The van der Waals surface area contributed by atoms with Crippen molar-refractivity contribution in [1.82, 2.24) is 10.2 Å². The summed E-state index contributed by atoms with van der Waals surface area (Å²) >= 11 is 0. The number of aryl methyl sites for hydroxylation is 3. The minimum Gasteiger partial charge on any atom is -0.319 e. The molecule has 3 aromatic rings. The fraction of sp³-hybridized carbons (Fsp3) is 0.158. The first-order valence-electron chi connectivity index (χ1n) is 7.75. The van der Waals surface area contributed by atoms with E-state index in [1.807, 2.05) is 32.0 Å². The van der Waals surface area contributed by atoms with Crippen molar-refractivity contribution in [3.05, 3.63) is 70.4 Å². The van der Waals surface area contributed by atoms with Crippen molar-refractivity contribution < 1.29 is 13.6 Å². The highest BCUT2D eigenvalue weighted by atomic mass is 19.1. The molecule has 1 amide bonds. The average molecular weight is 341 g/mol. The summed E-state index contributed by atoms with van der Waals surface area (Å²) in [5, 5.41) is 9.82. The van der Waals surface area contributed by atoms with Crippen LogP contribution >= 0.6 is 0 Å². The standard InChI is InChI=1S/C19H17F2N3O/c1-10-4-5-16(11(2)6-10)18-17(12(3)23-24-18)22-19(25)13-7-14(20)9-15(21)8-13/h4-9H,1-3H3,(H,22,25)(H,23,24). The molecule has 0 saturated heterocycles. The van der Waals surface area contributed by atoms with Gasteiger partial charge in [0.25, 0.3) is 5.91 Å². The van der Waals surface area contributed by atoms with E-state index in [2.05, 4.69) is 15.5 Å². The zero-order valence-electron chi connectivity index (χ0n) is 14.1. The van der Waals surface area contributed by atoms with Gasteiger partial charge < -0.3 is 5.32 Å². The Hall–Kier alpha value is -3.02. The van der Waals surface area contributed by atoms with Gasteiger partial charge in [0.2, 0.25) is 0 Å². The van der Waals surface area contributed by atoms with Gasteiger partial charge in [0.05, 0.1) is 11.4 Å². The number of carbonyl (C=O) groups is 1. The molecule has 25 heavy (non-hydrogen) atoms. The van der Waals surface area contributed by atoms with Crippen molar-refractivity contribution in [2.75, 3.05) is 5.32 Å². The molecule has 1 aromatic heterocycles. The summed E-state index contributed by atoms with van der Waals surface area (Å²) in [6.07, 6.45) is 0. The van der Waals surface area contributed by atoms with Crippen molar-refractivity contribution in [1.29, 1.82) is 0 Å². The Bertz CT molecular complexity index is 943. The summed E-state index contributed by atoms with van der Waals surface area (Å²) in [4.78, 5) is 12.4. The van der Waals surface area contributed by atoms with Crippen LogP contribution in [-0.4, -0.2) is 16.1 Å². The predicted octanol–water partition coefficient (Wildman–Crippen LogP) is 4.53. The zero-order chi connectivity index (χ0) is 18.1. The first-order valence-corrected chi connectivity index (χ1v) is 7.75. The summed E-state index contributed by atoms with van der Waals surface area (Å²) in [6.45, 7) is 5.72. The number of halogens is 2. The van der Waals surface area contributed by atoms with Crippen molar-refractivity contribution in [2.45, 2.75) is 20.8 Å². The van der Waals surface area contributed by atoms with Crippen LogP contribution in [0, 0.1) is 32.4 Å². The zero-order valence-corrected chi connectivity index (χ0v) is 14.1. The van der Waals surface area contributed by atoms with Crippen molar-refractivity contribution >= 4 is 11.6 Å². The summed E-state index contributed by atoms with van der Waals surface area (Å²) in [5.41, 5.74) is 4.63. The number of anilines is 1. The second-order valence-electron chi connectivity index (χ2n) is 6.00. The second-order valence-corrected chi connectivity index (χ2v) is 6.00. The molecule has 3 rings (SSSR count). The molecule has 0 atom stereocenters. The molecule has 0 unspecified atom stereocenters. The lowest BCUT2D eigenvalue weighted by molar-refractivity contribution is 0.102. The molecule has 0 aliphatic carbocycles. The first kappa shape index (κ1) is 16.8. The number of rotatable bonds is 3. The van der Waals surface area contributed by atoms with E-state index >= 15 is 0 Å². The summed E-state index contributed by atoms with van der Waals surface area (Å²) in [6, 6.07) is 8.61. The highest BCUT2D eigenvalue weighted by Gasteiger charge is 2.18. The van der Waals surface area contributed by atoms with Crippen LogP contribution in [0.3, 0.4) is 0 Å². The first-order chi connectivity index (χ1) is 11.8. The smallest absolute Gasteiger partial charge is 0.255 e. The molecule has 128 valence electrons. The molecule has 0 aliphatic rings. The van der Waals surface area contributed by atoms with Crippen LogP contribution in [-0.2, 0) is 0 Å². The van der Waals surface area contributed by atoms with Crippen LogP contribution in [0.25, 0.3) is 11.3 Å². The van der Waals surface area contributed by atoms with Gasteiger partial charge in [-0.2, -0.15) is 5.10 Å². The molecule has 0 radical (unpaired) electrons. The summed E-state index contributed by atoms with van der Waals surface area (Å²) < 4.78 is 26.7.